The molecule has 2 aliphatic rings. The van der Waals surface area contributed by atoms with E-state index in [1.807, 2.05) is 0 Å². The van der Waals surface area contributed by atoms with Crippen molar-refractivity contribution >= 4 is 0 Å². The molecule has 18 heavy (non-hydrogen) atoms. The van der Waals surface area contributed by atoms with Crippen molar-refractivity contribution in [1.29, 1.82) is 0 Å². The van der Waals surface area contributed by atoms with Crippen molar-refractivity contribution in [2.24, 2.45) is 5.92 Å². The van der Waals surface area contributed by atoms with Crippen LogP contribution in [0.25, 0.3) is 0 Å². The molecule has 2 atom stereocenters. The van der Waals surface area contributed by atoms with Crippen molar-refractivity contribution in [2.75, 3.05) is 20.3 Å². The molecule has 1 N–H and O–H groups in total. The molecule has 1 aliphatic carbocycles. The van der Waals surface area contributed by atoms with Crippen molar-refractivity contribution in [3.63, 3.8) is 0 Å². The van der Waals surface area contributed by atoms with Gasteiger partial charge >= 0.3 is 0 Å². The lowest BCUT2D eigenvalue weighted by Crippen LogP contribution is -2.51. The van der Waals surface area contributed by atoms with Crippen molar-refractivity contribution in [2.45, 2.75) is 70.1 Å². The van der Waals surface area contributed by atoms with Gasteiger partial charge in [0.25, 0.3) is 0 Å². The largest absolute Gasteiger partial charge is 0.383 e. The summed E-state index contributed by atoms with van der Waals surface area (Å²) < 4.78 is 11.4. The molecule has 1 spiro atoms. The Morgan fingerprint density at radius 3 is 2.67 bits per heavy atom. The third kappa shape index (κ3) is 3.46. The van der Waals surface area contributed by atoms with E-state index in [9.17, 15) is 0 Å². The van der Waals surface area contributed by atoms with Crippen LogP contribution in [-0.2, 0) is 9.47 Å². The van der Waals surface area contributed by atoms with Crippen LogP contribution in [0.1, 0.15) is 52.4 Å². The number of methoxy groups -OCH3 is 1. The van der Waals surface area contributed by atoms with Crippen LogP contribution in [0.4, 0.5) is 0 Å². The van der Waals surface area contributed by atoms with E-state index in [2.05, 4.69) is 19.2 Å². The third-order valence-corrected chi connectivity index (χ3v) is 4.61. The van der Waals surface area contributed by atoms with Crippen molar-refractivity contribution in [3.8, 4) is 0 Å². The summed E-state index contributed by atoms with van der Waals surface area (Å²) in [7, 11) is 1.79. The molecule has 2 rings (SSSR count). The molecule has 1 saturated carbocycles. The number of nitrogens with one attached hydrogen (secondary N) is 1. The van der Waals surface area contributed by atoms with Gasteiger partial charge in [-0.1, -0.05) is 26.7 Å². The summed E-state index contributed by atoms with van der Waals surface area (Å²) in [6.45, 7) is 6.26. The van der Waals surface area contributed by atoms with Gasteiger partial charge in [-0.15, -0.1) is 0 Å². The lowest BCUT2D eigenvalue weighted by Gasteiger charge is -2.40. The quantitative estimate of drug-likeness (QED) is 0.819. The molecule has 0 aromatic rings. The summed E-state index contributed by atoms with van der Waals surface area (Å²) in [5.41, 5.74) is 0.213. The van der Waals surface area contributed by atoms with Gasteiger partial charge < -0.3 is 14.8 Å². The van der Waals surface area contributed by atoms with E-state index in [1.165, 1.54) is 32.1 Å². The normalized spacial score (nSPS) is 29.0. The first-order valence-corrected chi connectivity index (χ1v) is 7.54. The topological polar surface area (TPSA) is 30.5 Å². The molecule has 3 nitrogen and oxygen atoms in total. The second-order valence-corrected chi connectivity index (χ2v) is 6.40. The highest BCUT2D eigenvalue weighted by molar-refractivity contribution is 4.94. The van der Waals surface area contributed by atoms with Gasteiger partial charge in [-0.3, -0.25) is 0 Å². The molecular weight excluding hydrogens is 226 g/mol. The highest BCUT2D eigenvalue weighted by Gasteiger charge is 2.40. The fraction of sp³-hybridized carbons (Fsp3) is 1.00. The maximum Gasteiger partial charge on any atom is 0.0697 e. The lowest BCUT2D eigenvalue weighted by atomic mass is 9.88. The van der Waals surface area contributed by atoms with Crippen LogP contribution in [-0.4, -0.2) is 38.0 Å². The van der Waals surface area contributed by atoms with E-state index in [0.29, 0.717) is 18.0 Å². The first-order chi connectivity index (χ1) is 8.65. The Morgan fingerprint density at radius 1 is 1.33 bits per heavy atom. The predicted molar refractivity (Wildman–Crippen MR) is 73.8 cm³/mol. The van der Waals surface area contributed by atoms with Crippen LogP contribution in [0.3, 0.4) is 0 Å². The molecule has 106 valence electrons. The summed E-state index contributed by atoms with van der Waals surface area (Å²) in [5, 5.41) is 3.80. The van der Waals surface area contributed by atoms with Crippen LogP contribution < -0.4 is 5.32 Å². The minimum Gasteiger partial charge on any atom is -0.383 e. The molecule has 1 heterocycles. The van der Waals surface area contributed by atoms with Crippen LogP contribution in [0.15, 0.2) is 0 Å². The minimum absolute atomic E-state index is 0.213. The smallest absolute Gasteiger partial charge is 0.0697 e. The van der Waals surface area contributed by atoms with E-state index >= 15 is 0 Å². The van der Waals surface area contributed by atoms with Crippen LogP contribution in [0, 0.1) is 5.92 Å². The molecular formula is C15H29NO2. The van der Waals surface area contributed by atoms with Gasteiger partial charge in [0.15, 0.2) is 0 Å². The SMILES string of the molecule is COCC(NC1CCOC2(CCCC2)C1)C(C)C. The van der Waals surface area contributed by atoms with E-state index in [-0.39, 0.29) is 5.60 Å². The average Bonchev–Trinajstić information content (AvgIpc) is 2.77. The summed E-state index contributed by atoms with van der Waals surface area (Å²) >= 11 is 0. The van der Waals surface area contributed by atoms with Gasteiger partial charge in [0.05, 0.1) is 12.2 Å². The van der Waals surface area contributed by atoms with Gasteiger partial charge in [0.1, 0.15) is 0 Å². The highest BCUT2D eigenvalue weighted by Crippen LogP contribution is 2.40. The van der Waals surface area contributed by atoms with Crippen LogP contribution in [0.5, 0.6) is 0 Å². The van der Waals surface area contributed by atoms with E-state index < -0.39 is 0 Å². The second kappa shape index (κ2) is 6.36. The van der Waals surface area contributed by atoms with E-state index in [1.54, 1.807) is 7.11 Å². The van der Waals surface area contributed by atoms with Crippen molar-refractivity contribution in [1.82, 2.24) is 5.32 Å². The summed E-state index contributed by atoms with van der Waals surface area (Å²) in [6.07, 6.45) is 7.56. The maximum atomic E-state index is 6.09. The Morgan fingerprint density at radius 2 is 2.06 bits per heavy atom. The zero-order valence-corrected chi connectivity index (χ0v) is 12.2. The molecule has 3 heteroatoms. The van der Waals surface area contributed by atoms with Gasteiger partial charge in [-0.05, 0) is 31.6 Å². The third-order valence-electron chi connectivity index (χ3n) is 4.61. The lowest BCUT2D eigenvalue weighted by molar-refractivity contribution is -0.0861. The molecule has 0 aromatic heterocycles. The Balaban J connectivity index is 1.88. The Kier molecular flexibility index (Phi) is 5.05. The monoisotopic (exact) mass is 255 g/mol. The molecule has 0 radical (unpaired) electrons. The molecule has 0 bridgehead atoms. The Hall–Kier alpha value is -0.120. The standard InChI is InChI=1S/C15H29NO2/c1-12(2)14(11-17-3)16-13-6-9-18-15(10-13)7-4-5-8-15/h12-14,16H,4-11H2,1-3H3. The number of hydrogen-bond donors (Lipinski definition) is 1. The number of rotatable bonds is 5. The Bertz CT molecular complexity index is 249. The van der Waals surface area contributed by atoms with Gasteiger partial charge in [-0.2, -0.15) is 0 Å². The zero-order valence-electron chi connectivity index (χ0n) is 12.2. The first kappa shape index (κ1) is 14.3. The van der Waals surface area contributed by atoms with Gasteiger partial charge in [0, 0.05) is 25.8 Å². The van der Waals surface area contributed by atoms with Crippen LogP contribution >= 0.6 is 0 Å². The van der Waals surface area contributed by atoms with E-state index in [4.69, 9.17) is 9.47 Å². The summed E-state index contributed by atoms with van der Waals surface area (Å²) in [5.74, 6) is 0.618. The Labute approximate surface area is 112 Å². The molecule has 2 unspecified atom stereocenters. The maximum absolute atomic E-state index is 6.09. The molecule has 1 aliphatic heterocycles. The molecule has 0 amide bonds. The molecule has 1 saturated heterocycles. The zero-order chi connectivity index (χ0) is 13.0. The van der Waals surface area contributed by atoms with Gasteiger partial charge in [-0.25, -0.2) is 0 Å². The first-order valence-electron chi connectivity index (χ1n) is 7.54. The average molecular weight is 255 g/mol. The van der Waals surface area contributed by atoms with Crippen molar-refractivity contribution in [3.05, 3.63) is 0 Å². The fourth-order valence-electron chi connectivity index (χ4n) is 3.45. The predicted octanol–water partition coefficient (Wildman–Crippen LogP) is 2.74. The molecule has 2 fully saturated rings. The minimum atomic E-state index is 0.213. The number of hydrogen-bond acceptors (Lipinski definition) is 3. The summed E-state index contributed by atoms with van der Waals surface area (Å²) in [6, 6.07) is 1.08. The van der Waals surface area contributed by atoms with Gasteiger partial charge in [0.2, 0.25) is 0 Å². The fourth-order valence-corrected chi connectivity index (χ4v) is 3.45. The second-order valence-electron chi connectivity index (χ2n) is 6.40. The molecule has 0 aromatic carbocycles. The van der Waals surface area contributed by atoms with Crippen LogP contribution in [0.2, 0.25) is 0 Å². The van der Waals surface area contributed by atoms with E-state index in [0.717, 1.165) is 19.6 Å². The number of ether oxygens (including phenoxy) is 2. The highest BCUT2D eigenvalue weighted by atomic mass is 16.5. The summed E-state index contributed by atoms with van der Waals surface area (Å²) in [4.78, 5) is 0. The van der Waals surface area contributed by atoms with Crippen molar-refractivity contribution < 1.29 is 9.47 Å².